The number of para-hydroxylation sites is 1. The summed E-state index contributed by atoms with van der Waals surface area (Å²) in [5.74, 6) is 0.862. The molecule has 2 aromatic heterocycles. The average Bonchev–Trinajstić information content (AvgIpc) is 3.44. The molecule has 158 valence electrons. The van der Waals surface area contributed by atoms with Crippen molar-refractivity contribution in [3.05, 3.63) is 40.4 Å². The third kappa shape index (κ3) is 3.95. The van der Waals surface area contributed by atoms with E-state index < -0.39 is 0 Å². The summed E-state index contributed by atoms with van der Waals surface area (Å²) in [7, 11) is 3.11. The van der Waals surface area contributed by atoms with E-state index in [2.05, 4.69) is 20.2 Å². The normalized spacial score (nSPS) is 13.6. The smallest absolute Gasteiger partial charge is 0.273 e. The summed E-state index contributed by atoms with van der Waals surface area (Å²) in [6.45, 7) is 2.03. The van der Waals surface area contributed by atoms with E-state index in [-0.39, 0.29) is 24.6 Å². The van der Waals surface area contributed by atoms with E-state index in [9.17, 15) is 9.59 Å². The van der Waals surface area contributed by atoms with E-state index in [0.29, 0.717) is 21.8 Å². The minimum Gasteiger partial charge on any atom is -0.493 e. The van der Waals surface area contributed by atoms with Gasteiger partial charge in [-0.15, -0.1) is 0 Å². The van der Waals surface area contributed by atoms with Crippen molar-refractivity contribution in [1.82, 2.24) is 19.9 Å². The van der Waals surface area contributed by atoms with Crippen LogP contribution in [0.5, 0.6) is 11.5 Å². The number of benzene rings is 1. The second-order valence-electron chi connectivity index (χ2n) is 6.95. The van der Waals surface area contributed by atoms with Crippen molar-refractivity contribution in [3.8, 4) is 11.5 Å². The van der Waals surface area contributed by atoms with Crippen LogP contribution in [0.1, 0.15) is 18.4 Å². The Hall–Kier alpha value is -3.14. The van der Waals surface area contributed by atoms with Crippen LogP contribution in [0.15, 0.2) is 29.3 Å². The quantitative estimate of drug-likeness (QED) is 0.611. The topological polar surface area (TPSA) is 98.6 Å². The molecule has 3 heterocycles. The third-order valence-electron chi connectivity index (χ3n) is 5.02. The lowest BCUT2D eigenvalue weighted by atomic mass is 10.2. The first-order valence-electron chi connectivity index (χ1n) is 9.68. The number of hydrogen-bond acceptors (Lipinski definition) is 8. The Morgan fingerprint density at radius 1 is 1.23 bits per heavy atom. The van der Waals surface area contributed by atoms with Gasteiger partial charge in [-0.2, -0.15) is 4.98 Å². The molecule has 1 saturated heterocycles. The molecule has 0 atom stereocenters. The van der Waals surface area contributed by atoms with Crippen LogP contribution in [0, 0.1) is 0 Å². The van der Waals surface area contributed by atoms with Gasteiger partial charge in [-0.1, -0.05) is 23.5 Å². The van der Waals surface area contributed by atoms with E-state index in [1.807, 2.05) is 12.1 Å². The number of anilines is 1. The molecule has 1 aliphatic rings. The number of methoxy groups -OCH3 is 2. The van der Waals surface area contributed by atoms with Crippen LogP contribution in [0.4, 0.5) is 5.13 Å². The highest BCUT2D eigenvalue weighted by Gasteiger charge is 2.19. The van der Waals surface area contributed by atoms with Gasteiger partial charge in [0, 0.05) is 25.2 Å². The fourth-order valence-corrected chi connectivity index (χ4v) is 4.51. The Morgan fingerprint density at radius 3 is 2.77 bits per heavy atom. The lowest BCUT2D eigenvalue weighted by molar-refractivity contribution is -0.121. The number of amides is 1. The van der Waals surface area contributed by atoms with Crippen molar-refractivity contribution in [2.75, 3.05) is 32.2 Å². The van der Waals surface area contributed by atoms with Gasteiger partial charge in [0.25, 0.3) is 5.56 Å². The highest BCUT2D eigenvalue weighted by atomic mass is 32.1. The Kier molecular flexibility index (Phi) is 5.84. The maximum Gasteiger partial charge on any atom is 0.273 e. The Morgan fingerprint density at radius 2 is 2.03 bits per heavy atom. The number of carbonyl (C=O) groups is 1. The van der Waals surface area contributed by atoms with Gasteiger partial charge < -0.3 is 19.7 Å². The zero-order valence-corrected chi connectivity index (χ0v) is 17.7. The molecule has 0 spiro atoms. The summed E-state index contributed by atoms with van der Waals surface area (Å²) in [6, 6.07) is 5.46. The molecule has 3 aromatic rings. The minimum atomic E-state index is -0.299. The fourth-order valence-electron chi connectivity index (χ4n) is 3.49. The highest BCUT2D eigenvalue weighted by Crippen LogP contribution is 2.30. The maximum absolute atomic E-state index is 12.8. The minimum absolute atomic E-state index is 0.120. The molecule has 0 radical (unpaired) electrons. The van der Waals surface area contributed by atoms with Gasteiger partial charge in [-0.25, -0.2) is 4.98 Å². The molecule has 1 aliphatic heterocycles. The standard InChI is InChI=1S/C20H23N5O4S/c1-28-14-7-5-6-13(16(14)29-2)10-21-15(26)11-25-12-22-18-17(19(25)27)30-20(23-18)24-8-3-4-9-24/h5-7,12H,3-4,8-11H2,1-2H3,(H,21,26). The zero-order valence-electron chi connectivity index (χ0n) is 16.9. The van der Waals surface area contributed by atoms with Gasteiger partial charge in [0.15, 0.2) is 22.3 Å². The van der Waals surface area contributed by atoms with Crippen molar-refractivity contribution in [3.63, 3.8) is 0 Å². The molecular weight excluding hydrogens is 406 g/mol. The molecule has 9 nitrogen and oxygen atoms in total. The number of nitrogens with zero attached hydrogens (tertiary/aromatic N) is 4. The second kappa shape index (κ2) is 8.70. The number of aromatic nitrogens is 3. The van der Waals surface area contributed by atoms with Crippen LogP contribution in [0.2, 0.25) is 0 Å². The summed E-state index contributed by atoms with van der Waals surface area (Å²) in [6.07, 6.45) is 3.64. The number of fused-ring (bicyclic) bond motifs is 1. The van der Waals surface area contributed by atoms with Crippen molar-refractivity contribution in [1.29, 1.82) is 0 Å². The van der Waals surface area contributed by atoms with Crippen molar-refractivity contribution in [2.24, 2.45) is 0 Å². The van der Waals surface area contributed by atoms with Crippen LogP contribution in [-0.2, 0) is 17.9 Å². The molecule has 0 saturated carbocycles. The number of rotatable bonds is 7. The van der Waals surface area contributed by atoms with Crippen molar-refractivity contribution < 1.29 is 14.3 Å². The second-order valence-corrected chi connectivity index (χ2v) is 7.93. The Labute approximate surface area is 177 Å². The summed E-state index contributed by atoms with van der Waals surface area (Å²) in [4.78, 5) is 36.2. The monoisotopic (exact) mass is 429 g/mol. The summed E-state index contributed by atoms with van der Waals surface area (Å²) in [5.41, 5.74) is 0.963. The van der Waals surface area contributed by atoms with Gasteiger partial charge in [0.2, 0.25) is 5.91 Å². The van der Waals surface area contributed by atoms with E-state index >= 15 is 0 Å². The van der Waals surface area contributed by atoms with Crippen LogP contribution >= 0.6 is 11.3 Å². The summed E-state index contributed by atoms with van der Waals surface area (Å²) < 4.78 is 12.4. The molecule has 1 amide bonds. The average molecular weight is 430 g/mol. The first-order chi connectivity index (χ1) is 14.6. The third-order valence-corrected chi connectivity index (χ3v) is 6.12. The predicted molar refractivity (Wildman–Crippen MR) is 115 cm³/mol. The predicted octanol–water partition coefficient (Wildman–Crippen LogP) is 1.79. The highest BCUT2D eigenvalue weighted by molar-refractivity contribution is 7.22. The molecule has 0 bridgehead atoms. The molecular formula is C20H23N5O4S. The zero-order chi connectivity index (χ0) is 21.1. The summed E-state index contributed by atoms with van der Waals surface area (Å²) in [5, 5.41) is 3.64. The molecule has 1 N–H and O–H groups in total. The van der Waals surface area contributed by atoms with Gasteiger partial charge in [0.1, 0.15) is 17.6 Å². The summed E-state index contributed by atoms with van der Waals surface area (Å²) >= 11 is 1.34. The van der Waals surface area contributed by atoms with Crippen LogP contribution in [0.3, 0.4) is 0 Å². The maximum atomic E-state index is 12.8. The SMILES string of the molecule is COc1cccc(CNC(=O)Cn2cnc3nc(N4CCCC4)sc3c2=O)c1OC. The first kappa shape index (κ1) is 20.1. The van der Waals surface area contributed by atoms with E-state index in [1.54, 1.807) is 20.3 Å². The number of carbonyl (C=O) groups excluding carboxylic acids is 1. The number of thiazole rings is 1. The van der Waals surface area contributed by atoms with Gasteiger partial charge in [-0.05, 0) is 18.9 Å². The van der Waals surface area contributed by atoms with E-state index in [4.69, 9.17) is 9.47 Å². The number of ether oxygens (including phenoxy) is 2. The molecule has 0 aliphatic carbocycles. The molecule has 1 fully saturated rings. The van der Waals surface area contributed by atoms with Gasteiger partial charge in [0.05, 0.1) is 14.2 Å². The molecule has 10 heteroatoms. The van der Waals surface area contributed by atoms with Crippen LogP contribution in [0.25, 0.3) is 10.3 Å². The molecule has 1 aromatic carbocycles. The molecule has 4 rings (SSSR count). The van der Waals surface area contributed by atoms with Crippen LogP contribution < -0.4 is 25.2 Å². The van der Waals surface area contributed by atoms with Gasteiger partial charge in [-0.3, -0.25) is 14.2 Å². The molecule has 30 heavy (non-hydrogen) atoms. The number of hydrogen-bond donors (Lipinski definition) is 1. The van der Waals surface area contributed by atoms with Crippen molar-refractivity contribution in [2.45, 2.75) is 25.9 Å². The Balaban J connectivity index is 1.47. The Bertz CT molecular complexity index is 1120. The lowest BCUT2D eigenvalue weighted by Crippen LogP contribution is -2.32. The lowest BCUT2D eigenvalue weighted by Gasteiger charge is -2.13. The largest absolute Gasteiger partial charge is 0.493 e. The molecule has 0 unspecified atom stereocenters. The first-order valence-corrected chi connectivity index (χ1v) is 10.5. The van der Waals surface area contributed by atoms with Crippen molar-refractivity contribution >= 4 is 32.7 Å². The van der Waals surface area contributed by atoms with E-state index in [0.717, 1.165) is 36.6 Å². The number of nitrogens with one attached hydrogen (secondary N) is 1. The van der Waals surface area contributed by atoms with Gasteiger partial charge >= 0.3 is 0 Å². The van der Waals surface area contributed by atoms with E-state index in [1.165, 1.54) is 22.2 Å². The fraction of sp³-hybridized carbons (Fsp3) is 0.400. The van der Waals surface area contributed by atoms with Crippen LogP contribution in [-0.4, -0.2) is 47.8 Å².